The second kappa shape index (κ2) is 9.68. The first-order valence-electron chi connectivity index (χ1n) is 9.21. The quantitative estimate of drug-likeness (QED) is 0.311. The maximum Gasteiger partial charge on any atom is 0.274 e. The fourth-order valence-corrected chi connectivity index (χ4v) is 3.02. The van der Waals surface area contributed by atoms with Gasteiger partial charge in [0.1, 0.15) is 12.4 Å². The lowest BCUT2D eigenvalue weighted by molar-refractivity contribution is 0.138. The number of ether oxygens (including phenoxy) is 2. The summed E-state index contributed by atoms with van der Waals surface area (Å²) in [5.41, 5.74) is 2.40. The number of alkyl halides is 1. The van der Waals surface area contributed by atoms with Gasteiger partial charge in [-0.3, -0.25) is 4.79 Å². The van der Waals surface area contributed by atoms with Crippen LogP contribution in [-0.4, -0.2) is 20.8 Å². The van der Waals surface area contributed by atoms with Crippen LogP contribution in [0.2, 0.25) is 0 Å². The summed E-state index contributed by atoms with van der Waals surface area (Å²) < 4.78 is 14.0. The standard InChI is InChI=1S/C21H29IN2O3/c1-15(2)19-18(12-23-24(20(19)25)21(3,4)5)27-14-17-8-6-16(7-9-17)13-26-11-10-22/h6-9,12,15H,10-11,13-14H2,1-5H3. The number of halogens is 1. The molecular formula is C21H29IN2O3. The minimum Gasteiger partial charge on any atom is -0.487 e. The maximum atomic E-state index is 12.9. The molecule has 0 saturated carbocycles. The molecule has 0 fully saturated rings. The van der Waals surface area contributed by atoms with E-state index in [-0.39, 0.29) is 17.0 Å². The van der Waals surface area contributed by atoms with Gasteiger partial charge in [-0.15, -0.1) is 0 Å². The predicted octanol–water partition coefficient (Wildman–Crippen LogP) is 4.65. The van der Waals surface area contributed by atoms with Crippen LogP contribution in [0.15, 0.2) is 35.3 Å². The van der Waals surface area contributed by atoms with E-state index in [1.54, 1.807) is 6.20 Å². The Bertz CT molecular complexity index is 793. The van der Waals surface area contributed by atoms with Gasteiger partial charge >= 0.3 is 0 Å². The first kappa shape index (κ1) is 21.9. The average Bonchev–Trinajstić information content (AvgIpc) is 2.59. The van der Waals surface area contributed by atoms with Crippen molar-refractivity contribution in [2.24, 2.45) is 0 Å². The molecule has 148 valence electrons. The lowest BCUT2D eigenvalue weighted by atomic mass is 10.0. The first-order chi connectivity index (χ1) is 12.7. The van der Waals surface area contributed by atoms with Gasteiger partial charge in [0.2, 0.25) is 0 Å². The van der Waals surface area contributed by atoms with Crippen LogP contribution in [0.1, 0.15) is 57.2 Å². The minimum absolute atomic E-state index is 0.0570. The SMILES string of the molecule is CC(C)c1c(OCc2ccc(COCCI)cc2)cnn(C(C)(C)C)c1=O. The van der Waals surface area contributed by atoms with Crippen LogP contribution in [0.3, 0.4) is 0 Å². The molecule has 6 heteroatoms. The fourth-order valence-electron chi connectivity index (χ4n) is 2.71. The summed E-state index contributed by atoms with van der Waals surface area (Å²) in [4.78, 5) is 12.9. The maximum absolute atomic E-state index is 12.9. The summed E-state index contributed by atoms with van der Waals surface area (Å²) in [5, 5.41) is 4.32. The molecule has 0 aliphatic rings. The molecule has 0 atom stereocenters. The van der Waals surface area contributed by atoms with E-state index in [1.807, 2.05) is 58.9 Å². The highest BCUT2D eigenvalue weighted by atomic mass is 127. The molecule has 1 aromatic carbocycles. The summed E-state index contributed by atoms with van der Waals surface area (Å²) in [6, 6.07) is 8.15. The molecule has 2 rings (SSSR count). The third kappa shape index (κ3) is 6.04. The molecule has 0 unspecified atom stereocenters. The second-order valence-corrected chi connectivity index (χ2v) is 8.89. The van der Waals surface area contributed by atoms with Gasteiger partial charge in [-0.05, 0) is 37.8 Å². The number of hydrogen-bond acceptors (Lipinski definition) is 4. The zero-order valence-corrected chi connectivity index (χ0v) is 18.9. The Morgan fingerprint density at radius 2 is 1.70 bits per heavy atom. The van der Waals surface area contributed by atoms with Crippen molar-refractivity contribution in [3.63, 3.8) is 0 Å². The van der Waals surface area contributed by atoms with Crippen LogP contribution in [0.5, 0.6) is 5.75 Å². The summed E-state index contributed by atoms with van der Waals surface area (Å²) in [6.07, 6.45) is 1.66. The van der Waals surface area contributed by atoms with E-state index in [4.69, 9.17) is 9.47 Å². The highest BCUT2D eigenvalue weighted by Gasteiger charge is 2.22. The Morgan fingerprint density at radius 3 is 2.22 bits per heavy atom. The summed E-state index contributed by atoms with van der Waals surface area (Å²) >= 11 is 2.30. The van der Waals surface area contributed by atoms with E-state index < -0.39 is 0 Å². The van der Waals surface area contributed by atoms with E-state index in [0.29, 0.717) is 24.5 Å². The predicted molar refractivity (Wildman–Crippen MR) is 117 cm³/mol. The largest absolute Gasteiger partial charge is 0.487 e. The van der Waals surface area contributed by atoms with E-state index in [1.165, 1.54) is 4.68 Å². The molecule has 27 heavy (non-hydrogen) atoms. The van der Waals surface area contributed by atoms with Gasteiger partial charge in [0.25, 0.3) is 5.56 Å². The van der Waals surface area contributed by atoms with Crippen molar-refractivity contribution in [3.05, 3.63) is 57.5 Å². The van der Waals surface area contributed by atoms with E-state index in [0.717, 1.165) is 22.2 Å². The summed E-state index contributed by atoms with van der Waals surface area (Å²) in [5.74, 6) is 0.617. The third-order valence-electron chi connectivity index (χ3n) is 4.10. The highest BCUT2D eigenvalue weighted by Crippen LogP contribution is 2.24. The number of nitrogens with zero attached hydrogens (tertiary/aromatic N) is 2. The van der Waals surface area contributed by atoms with Crippen LogP contribution in [0.25, 0.3) is 0 Å². The zero-order valence-electron chi connectivity index (χ0n) is 16.8. The van der Waals surface area contributed by atoms with Crippen molar-refractivity contribution >= 4 is 22.6 Å². The van der Waals surface area contributed by atoms with E-state index >= 15 is 0 Å². The van der Waals surface area contributed by atoms with Crippen molar-refractivity contribution in [2.75, 3.05) is 11.0 Å². The normalized spacial score (nSPS) is 11.8. The van der Waals surface area contributed by atoms with Gasteiger partial charge in [0.15, 0.2) is 0 Å². The van der Waals surface area contributed by atoms with E-state index in [9.17, 15) is 4.79 Å². The lowest BCUT2D eigenvalue weighted by Crippen LogP contribution is -2.38. The van der Waals surface area contributed by atoms with Gasteiger partial charge in [-0.2, -0.15) is 5.10 Å². The smallest absolute Gasteiger partial charge is 0.274 e. The van der Waals surface area contributed by atoms with Gasteiger partial charge in [-0.25, -0.2) is 4.68 Å². The minimum atomic E-state index is -0.367. The fraction of sp³-hybridized carbons (Fsp3) is 0.524. The van der Waals surface area contributed by atoms with E-state index in [2.05, 4.69) is 27.7 Å². The molecule has 0 spiro atoms. The number of rotatable bonds is 8. The first-order valence-corrected chi connectivity index (χ1v) is 10.7. The monoisotopic (exact) mass is 484 g/mol. The Labute approximate surface area is 175 Å². The Morgan fingerprint density at radius 1 is 1.11 bits per heavy atom. The molecule has 0 bridgehead atoms. The molecule has 0 amide bonds. The van der Waals surface area contributed by atoms with Crippen LogP contribution < -0.4 is 10.3 Å². The summed E-state index contributed by atoms with van der Waals surface area (Å²) in [7, 11) is 0. The lowest BCUT2D eigenvalue weighted by Gasteiger charge is -2.23. The molecule has 0 aliphatic heterocycles. The Kier molecular flexibility index (Phi) is 7.85. The van der Waals surface area contributed by atoms with Crippen molar-refractivity contribution in [3.8, 4) is 5.75 Å². The Hall–Kier alpha value is -1.41. The highest BCUT2D eigenvalue weighted by molar-refractivity contribution is 14.1. The molecule has 5 nitrogen and oxygen atoms in total. The van der Waals surface area contributed by atoms with Crippen LogP contribution in [0.4, 0.5) is 0 Å². The van der Waals surface area contributed by atoms with Crippen LogP contribution >= 0.6 is 22.6 Å². The number of hydrogen-bond donors (Lipinski definition) is 0. The average molecular weight is 484 g/mol. The molecular weight excluding hydrogens is 455 g/mol. The van der Waals surface area contributed by atoms with Gasteiger partial charge in [0.05, 0.1) is 30.5 Å². The molecule has 2 aromatic rings. The van der Waals surface area contributed by atoms with Gasteiger partial charge in [-0.1, -0.05) is 60.7 Å². The molecule has 0 aliphatic carbocycles. The van der Waals surface area contributed by atoms with Gasteiger partial charge in [0, 0.05) is 4.43 Å². The molecule has 1 heterocycles. The number of benzene rings is 1. The molecule has 1 aromatic heterocycles. The van der Waals surface area contributed by atoms with Crippen molar-refractivity contribution in [1.29, 1.82) is 0 Å². The second-order valence-electron chi connectivity index (χ2n) is 7.81. The topological polar surface area (TPSA) is 53.4 Å². The summed E-state index contributed by atoms with van der Waals surface area (Å²) in [6.45, 7) is 11.7. The van der Waals surface area contributed by atoms with Crippen molar-refractivity contribution in [1.82, 2.24) is 9.78 Å². The van der Waals surface area contributed by atoms with Gasteiger partial charge < -0.3 is 9.47 Å². The van der Waals surface area contributed by atoms with Crippen molar-refractivity contribution in [2.45, 2.75) is 59.3 Å². The molecule has 0 radical (unpaired) electrons. The number of aromatic nitrogens is 2. The molecule has 0 N–H and O–H groups in total. The Balaban J connectivity index is 2.13. The van der Waals surface area contributed by atoms with Crippen LogP contribution in [-0.2, 0) is 23.5 Å². The van der Waals surface area contributed by atoms with Crippen molar-refractivity contribution < 1.29 is 9.47 Å². The van der Waals surface area contributed by atoms with Crippen LogP contribution in [0, 0.1) is 0 Å². The molecule has 0 saturated heterocycles. The third-order valence-corrected chi connectivity index (χ3v) is 4.54. The zero-order chi connectivity index (χ0) is 20.0.